The Bertz CT molecular complexity index is 602. The van der Waals surface area contributed by atoms with Gasteiger partial charge in [0.05, 0.1) is 0 Å². The Morgan fingerprint density at radius 1 is 1.12 bits per heavy atom. The zero-order valence-corrected chi connectivity index (χ0v) is 16.0. The molecule has 1 saturated heterocycles. The lowest BCUT2D eigenvalue weighted by molar-refractivity contribution is 0.0518. The Balaban J connectivity index is 1.65. The maximum atomic E-state index is 12.5. The standard InChI is InChI=1S/C19H30N4O3/c1-19(2,3)26-18(25)21-9-4-10-22-11-13-23(14-12-22)17(24)15-5-7-16(20)8-6-15/h5-8H,4,9-14,20H2,1-3H3,(H,21,25). The molecular formula is C19H30N4O3. The van der Waals surface area contributed by atoms with Crippen LogP contribution in [-0.2, 0) is 4.74 Å². The molecule has 0 radical (unpaired) electrons. The molecule has 0 atom stereocenters. The molecule has 2 rings (SSSR count). The summed E-state index contributed by atoms with van der Waals surface area (Å²) in [6, 6.07) is 7.04. The highest BCUT2D eigenvalue weighted by Crippen LogP contribution is 2.11. The number of nitrogen functional groups attached to an aromatic ring is 1. The third kappa shape index (κ3) is 6.55. The van der Waals surface area contributed by atoms with E-state index in [1.165, 1.54) is 0 Å². The van der Waals surface area contributed by atoms with Crippen molar-refractivity contribution in [1.29, 1.82) is 0 Å². The molecule has 0 saturated carbocycles. The lowest BCUT2D eigenvalue weighted by atomic mass is 10.1. The number of benzene rings is 1. The molecule has 1 fully saturated rings. The summed E-state index contributed by atoms with van der Waals surface area (Å²) in [7, 11) is 0. The van der Waals surface area contributed by atoms with E-state index in [1.54, 1.807) is 24.3 Å². The molecule has 26 heavy (non-hydrogen) atoms. The van der Waals surface area contributed by atoms with Gasteiger partial charge in [-0.15, -0.1) is 0 Å². The van der Waals surface area contributed by atoms with Gasteiger partial charge in [0.15, 0.2) is 0 Å². The maximum absolute atomic E-state index is 12.5. The van der Waals surface area contributed by atoms with Crippen LogP contribution in [0.4, 0.5) is 10.5 Å². The van der Waals surface area contributed by atoms with Crippen molar-refractivity contribution in [2.24, 2.45) is 0 Å². The second-order valence-electron chi connectivity index (χ2n) is 7.54. The summed E-state index contributed by atoms with van der Waals surface area (Å²) >= 11 is 0. The minimum atomic E-state index is -0.475. The molecular weight excluding hydrogens is 332 g/mol. The highest BCUT2D eigenvalue weighted by atomic mass is 16.6. The third-order valence-electron chi connectivity index (χ3n) is 4.14. The van der Waals surface area contributed by atoms with E-state index in [1.807, 2.05) is 25.7 Å². The van der Waals surface area contributed by atoms with E-state index in [2.05, 4.69) is 10.2 Å². The topological polar surface area (TPSA) is 87.9 Å². The van der Waals surface area contributed by atoms with Crippen molar-refractivity contribution < 1.29 is 14.3 Å². The Morgan fingerprint density at radius 2 is 1.73 bits per heavy atom. The number of hydrogen-bond donors (Lipinski definition) is 2. The summed E-state index contributed by atoms with van der Waals surface area (Å²) in [5.41, 5.74) is 6.52. The number of anilines is 1. The van der Waals surface area contributed by atoms with Crippen molar-refractivity contribution in [3.63, 3.8) is 0 Å². The second kappa shape index (κ2) is 8.89. The highest BCUT2D eigenvalue weighted by Gasteiger charge is 2.22. The minimum absolute atomic E-state index is 0.0521. The quantitative estimate of drug-likeness (QED) is 0.617. The van der Waals surface area contributed by atoms with Gasteiger partial charge in [0, 0.05) is 44.0 Å². The van der Waals surface area contributed by atoms with E-state index in [-0.39, 0.29) is 12.0 Å². The van der Waals surface area contributed by atoms with E-state index < -0.39 is 5.60 Å². The molecule has 0 unspecified atom stereocenters. The van der Waals surface area contributed by atoms with Crippen LogP contribution >= 0.6 is 0 Å². The Morgan fingerprint density at radius 3 is 2.31 bits per heavy atom. The first-order valence-electron chi connectivity index (χ1n) is 9.08. The summed E-state index contributed by atoms with van der Waals surface area (Å²) in [4.78, 5) is 28.2. The van der Waals surface area contributed by atoms with Crippen LogP contribution in [0.1, 0.15) is 37.6 Å². The van der Waals surface area contributed by atoms with Crippen molar-refractivity contribution in [3.8, 4) is 0 Å². The highest BCUT2D eigenvalue weighted by molar-refractivity contribution is 5.94. The Labute approximate surface area is 155 Å². The number of piperazine rings is 1. The number of ether oxygens (including phenoxy) is 1. The van der Waals surface area contributed by atoms with E-state index in [0.29, 0.717) is 30.9 Å². The molecule has 7 heteroatoms. The molecule has 0 spiro atoms. The number of nitrogens with one attached hydrogen (secondary N) is 1. The maximum Gasteiger partial charge on any atom is 0.407 e. The average Bonchev–Trinajstić information content (AvgIpc) is 2.58. The van der Waals surface area contributed by atoms with Crippen LogP contribution < -0.4 is 11.1 Å². The van der Waals surface area contributed by atoms with E-state index in [0.717, 1.165) is 26.1 Å². The van der Waals surface area contributed by atoms with Crippen LogP contribution in [0, 0.1) is 0 Å². The molecule has 0 aromatic heterocycles. The van der Waals surface area contributed by atoms with Gasteiger partial charge < -0.3 is 20.7 Å². The smallest absolute Gasteiger partial charge is 0.407 e. The van der Waals surface area contributed by atoms with Gasteiger partial charge in [-0.2, -0.15) is 0 Å². The van der Waals surface area contributed by atoms with Gasteiger partial charge in [-0.1, -0.05) is 0 Å². The van der Waals surface area contributed by atoms with Gasteiger partial charge in [-0.3, -0.25) is 9.69 Å². The summed E-state index contributed by atoms with van der Waals surface area (Å²) in [5.74, 6) is 0.0521. The number of nitrogens with zero attached hydrogens (tertiary/aromatic N) is 2. The van der Waals surface area contributed by atoms with Crippen LogP contribution in [0.5, 0.6) is 0 Å². The van der Waals surface area contributed by atoms with Crippen LogP contribution in [0.15, 0.2) is 24.3 Å². The molecule has 1 aromatic rings. The molecule has 1 aliphatic rings. The fourth-order valence-corrected chi connectivity index (χ4v) is 2.79. The minimum Gasteiger partial charge on any atom is -0.444 e. The summed E-state index contributed by atoms with van der Waals surface area (Å²) in [5, 5.41) is 2.77. The van der Waals surface area contributed by atoms with Crippen LogP contribution in [-0.4, -0.2) is 66.7 Å². The molecule has 1 heterocycles. The second-order valence-corrected chi connectivity index (χ2v) is 7.54. The van der Waals surface area contributed by atoms with Crippen LogP contribution in [0.3, 0.4) is 0 Å². The first kappa shape index (κ1) is 20.0. The number of carbonyl (C=O) groups is 2. The normalized spacial score (nSPS) is 15.6. The SMILES string of the molecule is CC(C)(C)OC(=O)NCCCN1CCN(C(=O)c2ccc(N)cc2)CC1. The average molecular weight is 362 g/mol. The van der Waals surface area contributed by atoms with Crippen LogP contribution in [0.2, 0.25) is 0 Å². The zero-order chi connectivity index (χ0) is 19.2. The van der Waals surface area contributed by atoms with Gasteiger partial charge in [-0.05, 0) is 58.0 Å². The largest absolute Gasteiger partial charge is 0.444 e. The molecule has 7 nitrogen and oxygen atoms in total. The summed E-state index contributed by atoms with van der Waals surface area (Å²) in [6.45, 7) is 10.1. The van der Waals surface area contributed by atoms with Gasteiger partial charge >= 0.3 is 6.09 Å². The molecule has 0 bridgehead atoms. The summed E-state index contributed by atoms with van der Waals surface area (Å²) < 4.78 is 5.20. The first-order chi connectivity index (χ1) is 12.2. The number of carbonyl (C=O) groups excluding carboxylic acids is 2. The van der Waals surface area contributed by atoms with E-state index >= 15 is 0 Å². The molecule has 0 aliphatic carbocycles. The van der Waals surface area contributed by atoms with E-state index in [4.69, 9.17) is 10.5 Å². The van der Waals surface area contributed by atoms with E-state index in [9.17, 15) is 9.59 Å². The molecule has 2 amide bonds. The number of nitrogens with two attached hydrogens (primary N) is 1. The van der Waals surface area contributed by atoms with Gasteiger partial charge in [-0.25, -0.2) is 4.79 Å². The van der Waals surface area contributed by atoms with Crippen molar-refractivity contribution >= 4 is 17.7 Å². The fraction of sp³-hybridized carbons (Fsp3) is 0.579. The monoisotopic (exact) mass is 362 g/mol. The van der Waals surface area contributed by atoms with Crippen molar-refractivity contribution in [3.05, 3.63) is 29.8 Å². The number of rotatable bonds is 5. The van der Waals surface area contributed by atoms with Crippen molar-refractivity contribution in [2.45, 2.75) is 32.8 Å². The van der Waals surface area contributed by atoms with Crippen molar-refractivity contribution in [1.82, 2.24) is 15.1 Å². The lowest BCUT2D eigenvalue weighted by Gasteiger charge is -2.34. The van der Waals surface area contributed by atoms with Crippen LogP contribution in [0.25, 0.3) is 0 Å². The number of amides is 2. The number of alkyl carbamates (subject to hydrolysis) is 1. The van der Waals surface area contributed by atoms with Gasteiger partial charge in [0.2, 0.25) is 0 Å². The van der Waals surface area contributed by atoms with Gasteiger partial charge in [0.1, 0.15) is 5.60 Å². The predicted molar refractivity (Wildman–Crippen MR) is 102 cm³/mol. The molecule has 1 aromatic carbocycles. The molecule has 144 valence electrons. The fourth-order valence-electron chi connectivity index (χ4n) is 2.79. The Kier molecular flexibility index (Phi) is 6.85. The van der Waals surface area contributed by atoms with Gasteiger partial charge in [0.25, 0.3) is 5.91 Å². The molecule has 3 N–H and O–H groups in total. The predicted octanol–water partition coefficient (Wildman–Crippen LogP) is 1.94. The zero-order valence-electron chi connectivity index (χ0n) is 16.0. The molecule has 1 aliphatic heterocycles. The van der Waals surface area contributed by atoms with Crippen molar-refractivity contribution in [2.75, 3.05) is 45.0 Å². The summed E-state index contributed by atoms with van der Waals surface area (Å²) in [6.07, 6.45) is 0.474. The third-order valence-corrected chi connectivity index (χ3v) is 4.14. The first-order valence-corrected chi connectivity index (χ1v) is 9.08. The Hall–Kier alpha value is -2.28. The number of hydrogen-bond acceptors (Lipinski definition) is 5. The lowest BCUT2D eigenvalue weighted by Crippen LogP contribution is -2.49.